The third-order valence-electron chi connectivity index (χ3n) is 5.25. The van der Waals surface area contributed by atoms with Gasteiger partial charge in [-0.3, -0.25) is 14.5 Å². The summed E-state index contributed by atoms with van der Waals surface area (Å²) in [6.45, 7) is 5.31. The summed E-state index contributed by atoms with van der Waals surface area (Å²) in [5, 5.41) is 18.7. The minimum absolute atomic E-state index is 0.0664. The molecule has 4 rings (SSSR count). The zero-order valence-corrected chi connectivity index (χ0v) is 21.4. The van der Waals surface area contributed by atoms with Gasteiger partial charge in [0.25, 0.3) is 5.91 Å². The van der Waals surface area contributed by atoms with Crippen molar-refractivity contribution in [1.29, 1.82) is 0 Å². The average molecular weight is 507 g/mol. The molecule has 0 aliphatic heterocycles. The molecule has 0 aliphatic rings. The van der Waals surface area contributed by atoms with E-state index in [4.69, 9.17) is 10.5 Å². The van der Waals surface area contributed by atoms with Crippen LogP contribution in [0.3, 0.4) is 0 Å². The van der Waals surface area contributed by atoms with Gasteiger partial charge in [-0.15, -0.1) is 10.2 Å². The molecule has 4 N–H and O–H groups in total. The van der Waals surface area contributed by atoms with E-state index in [1.165, 1.54) is 13.3 Å². The Morgan fingerprint density at radius 2 is 1.86 bits per heavy atom. The highest BCUT2D eigenvalue weighted by molar-refractivity contribution is 7.69. The number of nitrogens with one attached hydrogen (secondary N) is 2. The molecule has 0 radical (unpaired) electrons. The van der Waals surface area contributed by atoms with Crippen LogP contribution in [0, 0.1) is 6.92 Å². The van der Waals surface area contributed by atoms with E-state index in [0.29, 0.717) is 45.5 Å². The van der Waals surface area contributed by atoms with Crippen LogP contribution in [0.1, 0.15) is 16.1 Å². The zero-order chi connectivity index (χ0) is 26.0. The largest absolute Gasteiger partial charge is 0.494 e. The molecule has 4 heterocycles. The van der Waals surface area contributed by atoms with Gasteiger partial charge in [0.05, 0.1) is 35.7 Å². The van der Waals surface area contributed by atoms with E-state index in [0.717, 1.165) is 5.56 Å². The Bertz CT molecular complexity index is 1500. The highest BCUT2D eigenvalue weighted by Gasteiger charge is 2.22. The molecule has 36 heavy (non-hydrogen) atoms. The maximum Gasteiger partial charge on any atom is 0.271 e. The van der Waals surface area contributed by atoms with Gasteiger partial charge in [0, 0.05) is 25.5 Å². The second kappa shape index (κ2) is 9.74. The van der Waals surface area contributed by atoms with E-state index in [1.54, 1.807) is 49.6 Å². The number of methoxy groups -OCH3 is 1. The first kappa shape index (κ1) is 24.8. The average Bonchev–Trinajstić information content (AvgIpc) is 3.21. The molecule has 0 aromatic carbocycles. The summed E-state index contributed by atoms with van der Waals surface area (Å²) in [5.41, 5.74) is 8.95. The Balaban J connectivity index is 1.74. The maximum absolute atomic E-state index is 12.6. The molecule has 0 saturated carbocycles. The van der Waals surface area contributed by atoms with Crippen molar-refractivity contribution >= 4 is 41.5 Å². The number of primary amides is 1. The Kier molecular flexibility index (Phi) is 6.71. The van der Waals surface area contributed by atoms with E-state index < -0.39 is 13.0 Å². The lowest BCUT2D eigenvalue weighted by atomic mass is 10.1. The highest BCUT2D eigenvalue weighted by Crippen LogP contribution is 2.39. The van der Waals surface area contributed by atoms with Crippen molar-refractivity contribution in [3.8, 4) is 17.0 Å². The molecule has 0 bridgehead atoms. The fourth-order valence-corrected chi connectivity index (χ4v) is 4.82. The molecule has 0 fully saturated rings. The van der Waals surface area contributed by atoms with Gasteiger partial charge in [0.15, 0.2) is 17.3 Å². The highest BCUT2D eigenvalue weighted by atomic mass is 31.2. The van der Waals surface area contributed by atoms with Crippen LogP contribution in [0.15, 0.2) is 42.9 Å². The number of aromatic nitrogens is 6. The van der Waals surface area contributed by atoms with Gasteiger partial charge in [-0.2, -0.15) is 5.10 Å². The Labute approximate surface area is 207 Å². The summed E-state index contributed by atoms with van der Waals surface area (Å²) < 4.78 is 19.9. The van der Waals surface area contributed by atoms with Crippen LogP contribution in [0.2, 0.25) is 0 Å². The van der Waals surface area contributed by atoms with E-state index in [2.05, 4.69) is 35.9 Å². The molecule has 186 valence electrons. The Morgan fingerprint density at radius 1 is 1.08 bits per heavy atom. The monoisotopic (exact) mass is 507 g/mol. The van der Waals surface area contributed by atoms with Crippen LogP contribution in [0.25, 0.3) is 11.3 Å². The molecule has 0 aliphatic carbocycles. The van der Waals surface area contributed by atoms with Crippen molar-refractivity contribution in [2.24, 2.45) is 12.8 Å². The second-order valence-electron chi connectivity index (χ2n) is 8.45. The van der Waals surface area contributed by atoms with Crippen LogP contribution < -0.4 is 26.5 Å². The lowest BCUT2D eigenvalue weighted by Crippen LogP contribution is -2.17. The van der Waals surface area contributed by atoms with Crippen molar-refractivity contribution in [3.63, 3.8) is 0 Å². The van der Waals surface area contributed by atoms with E-state index in [1.807, 2.05) is 19.1 Å². The van der Waals surface area contributed by atoms with Crippen LogP contribution in [0.4, 0.5) is 23.0 Å². The van der Waals surface area contributed by atoms with Crippen molar-refractivity contribution in [3.05, 3.63) is 54.1 Å². The van der Waals surface area contributed by atoms with Gasteiger partial charge in [0.1, 0.15) is 18.6 Å². The van der Waals surface area contributed by atoms with Crippen LogP contribution >= 0.6 is 7.14 Å². The number of hydrogen-bond acceptors (Lipinski definition) is 10. The van der Waals surface area contributed by atoms with Crippen molar-refractivity contribution in [2.75, 3.05) is 31.1 Å². The van der Waals surface area contributed by atoms with Gasteiger partial charge in [-0.05, 0) is 44.0 Å². The first-order valence-corrected chi connectivity index (χ1v) is 13.4. The fourth-order valence-electron chi connectivity index (χ4n) is 3.64. The molecular formula is C23H26N9O3P. The summed E-state index contributed by atoms with van der Waals surface area (Å²) in [6.07, 6.45) is 4.81. The third-order valence-corrected chi connectivity index (χ3v) is 6.77. The summed E-state index contributed by atoms with van der Waals surface area (Å²) in [7, 11) is 0.689. The first-order chi connectivity index (χ1) is 17.1. The number of pyridine rings is 2. The molecule has 4 aromatic rings. The van der Waals surface area contributed by atoms with E-state index >= 15 is 0 Å². The third kappa shape index (κ3) is 5.18. The van der Waals surface area contributed by atoms with E-state index in [9.17, 15) is 9.36 Å². The number of carbonyl (C=O) groups is 1. The molecular weight excluding hydrogens is 481 g/mol. The minimum Gasteiger partial charge on any atom is -0.494 e. The molecule has 13 heteroatoms. The number of anilines is 4. The lowest BCUT2D eigenvalue weighted by Gasteiger charge is -2.15. The van der Waals surface area contributed by atoms with Gasteiger partial charge >= 0.3 is 0 Å². The topological polar surface area (TPSA) is 163 Å². The van der Waals surface area contributed by atoms with Gasteiger partial charge in [0.2, 0.25) is 0 Å². The Hall–Kier alpha value is -4.31. The molecule has 0 spiro atoms. The predicted molar refractivity (Wildman–Crippen MR) is 138 cm³/mol. The van der Waals surface area contributed by atoms with E-state index in [-0.39, 0.29) is 5.69 Å². The van der Waals surface area contributed by atoms with Gasteiger partial charge in [-0.1, -0.05) is 0 Å². The number of hydrogen-bond donors (Lipinski definition) is 3. The quantitative estimate of drug-likeness (QED) is 0.302. The van der Waals surface area contributed by atoms with Crippen LogP contribution in [-0.4, -0.2) is 56.3 Å². The minimum atomic E-state index is -2.56. The van der Waals surface area contributed by atoms with Crippen LogP contribution in [-0.2, 0) is 11.6 Å². The standard InChI is InChI=1S/C23H26N9O3P/c1-13-6-7-26-18(8-13)28-19-9-16(21(23(24)33)30-29-19)27-17-12-25-11-14(22(17)35-3)15-10-20(32(2)31-15)36(4,5)34/h6-12H,1-5H3,(H2,24,33)(H2,26,27,28,29). The normalized spacial score (nSPS) is 11.2. The summed E-state index contributed by atoms with van der Waals surface area (Å²) in [5.74, 6) is 0.571. The predicted octanol–water partition coefficient (Wildman–Crippen LogP) is 2.82. The Morgan fingerprint density at radius 3 is 2.50 bits per heavy atom. The molecule has 0 atom stereocenters. The summed E-state index contributed by atoms with van der Waals surface area (Å²) >= 11 is 0. The lowest BCUT2D eigenvalue weighted by molar-refractivity contribution is 0.0995. The molecule has 0 unspecified atom stereocenters. The van der Waals surface area contributed by atoms with Crippen molar-refractivity contribution < 1.29 is 14.1 Å². The second-order valence-corrected chi connectivity index (χ2v) is 11.6. The smallest absolute Gasteiger partial charge is 0.271 e. The number of amides is 1. The molecule has 4 aromatic heterocycles. The number of rotatable bonds is 8. The zero-order valence-electron chi connectivity index (χ0n) is 20.5. The number of nitrogens with two attached hydrogens (primary N) is 1. The molecule has 12 nitrogen and oxygen atoms in total. The number of ether oxygens (including phenoxy) is 1. The number of nitrogens with zero attached hydrogens (tertiary/aromatic N) is 6. The first-order valence-electron chi connectivity index (χ1n) is 10.8. The molecule has 0 saturated heterocycles. The van der Waals surface area contributed by atoms with Crippen LogP contribution in [0.5, 0.6) is 5.75 Å². The fraction of sp³-hybridized carbons (Fsp3) is 0.217. The van der Waals surface area contributed by atoms with Crippen molar-refractivity contribution in [1.82, 2.24) is 29.9 Å². The van der Waals surface area contributed by atoms with Gasteiger partial charge in [-0.25, -0.2) is 4.98 Å². The van der Waals surface area contributed by atoms with Gasteiger partial charge < -0.3 is 25.7 Å². The van der Waals surface area contributed by atoms with Crippen molar-refractivity contribution in [2.45, 2.75) is 6.92 Å². The molecule has 1 amide bonds. The number of aryl methyl sites for hydroxylation is 2. The number of carbonyl (C=O) groups excluding carboxylic acids is 1. The summed E-state index contributed by atoms with van der Waals surface area (Å²) in [6, 6.07) is 7.06. The SMILES string of the molecule is COc1c(Nc2cc(Nc3cc(C)ccn3)nnc2C(N)=O)cncc1-c1cc(P(C)(C)=O)n(C)n1. The summed E-state index contributed by atoms with van der Waals surface area (Å²) in [4.78, 5) is 20.6. The maximum atomic E-state index is 12.6.